The van der Waals surface area contributed by atoms with Crippen LogP contribution >= 0.6 is 26.7 Å². The molecule has 1 unspecified atom stereocenters. The largest absolute Gasteiger partial charge is 0.464 e. The van der Waals surface area contributed by atoms with Crippen molar-refractivity contribution < 1.29 is 18.6 Å². The second-order valence-electron chi connectivity index (χ2n) is 3.70. The monoisotopic (exact) mass is 321 g/mol. The Hall–Kier alpha value is -0.600. The van der Waals surface area contributed by atoms with Crippen molar-refractivity contribution in [2.75, 3.05) is 6.61 Å². The average molecular weight is 322 g/mol. The molecule has 3 N–H and O–H groups in total. The molecule has 0 spiro atoms. The topological polar surface area (TPSA) is 78.8 Å². The molecule has 1 heterocycles. The Morgan fingerprint density at radius 1 is 1.59 bits per heavy atom. The molecule has 17 heavy (non-hydrogen) atoms. The van der Waals surface area contributed by atoms with Crippen LogP contribution in [0.5, 0.6) is 0 Å². The maximum atomic E-state index is 10.8. The maximum Gasteiger partial charge on any atom is 0.302 e. The van der Waals surface area contributed by atoms with E-state index in [0.717, 1.165) is 10.0 Å². The summed E-state index contributed by atoms with van der Waals surface area (Å²) in [6, 6.07) is 4.78. The van der Waals surface area contributed by atoms with Crippen molar-refractivity contribution in [3.8, 4) is 0 Å². The van der Waals surface area contributed by atoms with E-state index in [0.29, 0.717) is 4.90 Å². The van der Waals surface area contributed by atoms with Gasteiger partial charge in [-0.05, 0) is 23.8 Å². The second kappa shape index (κ2) is 4.58. The SMILES string of the molecule is CC(=O)OCC1NS(O)(O)c2ccc(Br)cc21. The number of rotatable bonds is 2. The molecule has 1 aromatic rings. The van der Waals surface area contributed by atoms with Crippen molar-refractivity contribution in [1.29, 1.82) is 0 Å². The molecular formula is C10H12BrNO4S. The maximum absolute atomic E-state index is 10.8. The molecule has 1 atom stereocenters. The van der Waals surface area contributed by atoms with Crippen molar-refractivity contribution in [3.05, 3.63) is 28.2 Å². The summed E-state index contributed by atoms with van der Waals surface area (Å²) >= 11 is 3.32. The van der Waals surface area contributed by atoms with E-state index in [9.17, 15) is 13.9 Å². The fraction of sp³-hybridized carbons (Fsp3) is 0.300. The third-order valence-electron chi connectivity index (χ3n) is 2.41. The minimum atomic E-state index is -2.98. The van der Waals surface area contributed by atoms with Gasteiger partial charge in [-0.25, -0.2) is 4.72 Å². The van der Waals surface area contributed by atoms with Gasteiger partial charge in [0.05, 0.1) is 10.9 Å². The zero-order valence-corrected chi connectivity index (χ0v) is 11.4. The number of ether oxygens (including phenoxy) is 1. The van der Waals surface area contributed by atoms with E-state index in [-0.39, 0.29) is 6.61 Å². The van der Waals surface area contributed by atoms with E-state index in [1.807, 2.05) is 0 Å². The highest BCUT2D eigenvalue weighted by Crippen LogP contribution is 2.55. The Morgan fingerprint density at radius 3 is 2.94 bits per heavy atom. The molecular weight excluding hydrogens is 310 g/mol. The van der Waals surface area contributed by atoms with Gasteiger partial charge in [0.25, 0.3) is 0 Å². The summed E-state index contributed by atoms with van der Waals surface area (Å²) in [6.45, 7) is 1.39. The lowest BCUT2D eigenvalue weighted by Gasteiger charge is -2.28. The van der Waals surface area contributed by atoms with Crippen molar-refractivity contribution in [2.45, 2.75) is 17.9 Å². The average Bonchev–Trinajstić information content (AvgIpc) is 2.47. The number of benzene rings is 1. The first-order valence-electron chi connectivity index (χ1n) is 4.88. The highest BCUT2D eigenvalue weighted by atomic mass is 79.9. The van der Waals surface area contributed by atoms with Crippen LogP contribution in [0.25, 0.3) is 0 Å². The first-order valence-corrected chi connectivity index (χ1v) is 7.22. The number of fused-ring (bicyclic) bond motifs is 1. The van der Waals surface area contributed by atoms with E-state index in [4.69, 9.17) is 4.74 Å². The van der Waals surface area contributed by atoms with Gasteiger partial charge in [0.1, 0.15) is 6.61 Å². The van der Waals surface area contributed by atoms with Crippen LogP contribution in [-0.4, -0.2) is 21.7 Å². The van der Waals surface area contributed by atoms with Crippen LogP contribution in [0.3, 0.4) is 0 Å². The fourth-order valence-electron chi connectivity index (χ4n) is 1.70. The number of hydrogen-bond donors (Lipinski definition) is 3. The van der Waals surface area contributed by atoms with Crippen molar-refractivity contribution >= 4 is 32.7 Å². The Balaban J connectivity index is 2.29. The molecule has 5 nitrogen and oxygen atoms in total. The standard InChI is InChI=1S/C10H12BrNO4S/c1-6(13)16-5-9-8-4-7(11)2-3-10(8)17(14,15)12-9/h2-4,9,12,14-15H,5H2,1H3. The van der Waals surface area contributed by atoms with E-state index in [1.165, 1.54) is 6.92 Å². The summed E-state index contributed by atoms with van der Waals surface area (Å²) in [4.78, 5) is 11.2. The molecule has 0 aromatic heterocycles. The Kier molecular flexibility index (Phi) is 3.46. The van der Waals surface area contributed by atoms with Gasteiger partial charge in [0.15, 0.2) is 0 Å². The Labute approximate surface area is 109 Å². The van der Waals surface area contributed by atoms with Gasteiger partial charge < -0.3 is 4.74 Å². The third kappa shape index (κ3) is 2.63. The lowest BCUT2D eigenvalue weighted by molar-refractivity contribution is -0.141. The second-order valence-corrected chi connectivity index (χ2v) is 6.39. The predicted molar refractivity (Wildman–Crippen MR) is 67.8 cm³/mol. The molecule has 94 valence electrons. The van der Waals surface area contributed by atoms with E-state index >= 15 is 0 Å². The fourth-order valence-corrected chi connectivity index (χ4v) is 3.59. The summed E-state index contributed by atoms with van der Waals surface area (Å²) in [7, 11) is -2.98. The van der Waals surface area contributed by atoms with E-state index in [1.54, 1.807) is 18.2 Å². The van der Waals surface area contributed by atoms with Crippen LogP contribution in [0.2, 0.25) is 0 Å². The number of esters is 1. The summed E-state index contributed by atoms with van der Waals surface area (Å²) in [5, 5.41) is 0. The molecule has 2 rings (SSSR count). The van der Waals surface area contributed by atoms with Crippen molar-refractivity contribution in [1.82, 2.24) is 4.72 Å². The van der Waals surface area contributed by atoms with Crippen molar-refractivity contribution in [3.63, 3.8) is 0 Å². The van der Waals surface area contributed by atoms with Crippen LogP contribution in [0.1, 0.15) is 18.5 Å². The molecule has 7 heteroatoms. The predicted octanol–water partition coefficient (Wildman–Crippen LogP) is 2.68. The summed E-state index contributed by atoms with van der Waals surface area (Å²) in [6.07, 6.45) is 0. The zero-order valence-electron chi connectivity index (χ0n) is 9.01. The molecule has 1 aliphatic heterocycles. The van der Waals surface area contributed by atoms with Crippen LogP contribution < -0.4 is 4.72 Å². The number of carbonyl (C=O) groups is 1. The highest BCUT2D eigenvalue weighted by molar-refractivity contribution is 9.10. The van der Waals surface area contributed by atoms with Crippen LogP contribution in [0, 0.1) is 0 Å². The summed E-state index contributed by atoms with van der Waals surface area (Å²) in [5.74, 6) is -0.397. The number of halogens is 1. The van der Waals surface area contributed by atoms with Crippen LogP contribution in [-0.2, 0) is 9.53 Å². The third-order valence-corrected chi connectivity index (χ3v) is 4.51. The Bertz CT molecular complexity index is 466. The van der Waals surface area contributed by atoms with Gasteiger partial charge >= 0.3 is 5.97 Å². The van der Waals surface area contributed by atoms with Crippen LogP contribution in [0.15, 0.2) is 27.6 Å². The van der Waals surface area contributed by atoms with E-state index in [2.05, 4.69) is 20.7 Å². The normalized spacial score (nSPS) is 22.9. The molecule has 0 amide bonds. The van der Waals surface area contributed by atoms with Gasteiger partial charge in [-0.3, -0.25) is 13.9 Å². The molecule has 0 saturated carbocycles. The molecule has 1 aliphatic rings. The van der Waals surface area contributed by atoms with Gasteiger partial charge in [-0.15, -0.1) is 10.8 Å². The number of carbonyl (C=O) groups excluding carboxylic acids is 1. The summed E-state index contributed by atoms with van der Waals surface area (Å²) in [5.41, 5.74) is 0.737. The quantitative estimate of drug-likeness (QED) is 0.730. The first-order chi connectivity index (χ1) is 7.90. The zero-order chi connectivity index (χ0) is 12.6. The summed E-state index contributed by atoms with van der Waals surface area (Å²) < 4.78 is 28.1. The lowest BCUT2D eigenvalue weighted by atomic mass is 10.1. The lowest BCUT2D eigenvalue weighted by Crippen LogP contribution is -2.22. The molecule has 0 radical (unpaired) electrons. The smallest absolute Gasteiger partial charge is 0.302 e. The molecule has 0 saturated heterocycles. The first kappa shape index (κ1) is 12.8. The minimum absolute atomic E-state index is 0.0780. The molecule has 1 aromatic carbocycles. The van der Waals surface area contributed by atoms with Gasteiger partial charge in [0, 0.05) is 11.4 Å². The van der Waals surface area contributed by atoms with Crippen LogP contribution in [0.4, 0.5) is 0 Å². The Morgan fingerprint density at radius 2 is 2.29 bits per heavy atom. The number of hydrogen-bond acceptors (Lipinski definition) is 5. The van der Waals surface area contributed by atoms with Gasteiger partial charge in [-0.1, -0.05) is 15.9 Å². The molecule has 0 fully saturated rings. The van der Waals surface area contributed by atoms with Gasteiger partial charge in [0.2, 0.25) is 0 Å². The van der Waals surface area contributed by atoms with Gasteiger partial charge in [-0.2, -0.15) is 0 Å². The molecule has 0 bridgehead atoms. The number of nitrogens with one attached hydrogen (secondary N) is 1. The van der Waals surface area contributed by atoms with Crippen molar-refractivity contribution in [2.24, 2.45) is 0 Å². The minimum Gasteiger partial charge on any atom is -0.464 e. The van der Waals surface area contributed by atoms with E-state index < -0.39 is 22.8 Å². The molecule has 0 aliphatic carbocycles. The highest BCUT2D eigenvalue weighted by Gasteiger charge is 2.34.